The van der Waals surface area contributed by atoms with E-state index in [1.165, 1.54) is 78.3 Å². The van der Waals surface area contributed by atoms with E-state index in [2.05, 4.69) is 166 Å². The Bertz CT molecular complexity index is 1970. The Hall–Kier alpha value is -4.69. The van der Waals surface area contributed by atoms with Crippen molar-refractivity contribution in [3.63, 3.8) is 0 Å². The molecule has 2 nitrogen and oxygen atoms in total. The minimum Gasteiger partial charge on any atom is -0.232 e. The number of imidazole rings is 1. The lowest BCUT2D eigenvalue weighted by Crippen LogP contribution is -2.30. The lowest BCUT2D eigenvalue weighted by Gasteiger charge is -2.25. The van der Waals surface area contributed by atoms with E-state index in [0.29, 0.717) is 11.8 Å². The van der Waals surface area contributed by atoms with E-state index >= 15 is 0 Å². The van der Waals surface area contributed by atoms with E-state index < -0.39 is 0 Å². The highest BCUT2D eigenvalue weighted by molar-refractivity contribution is 6.06. The summed E-state index contributed by atoms with van der Waals surface area (Å²) in [5.41, 5.74) is 16.8. The second kappa shape index (κ2) is 10.5. The van der Waals surface area contributed by atoms with E-state index in [0.717, 1.165) is 0 Å². The summed E-state index contributed by atoms with van der Waals surface area (Å²) in [5, 5.41) is 0. The maximum Gasteiger partial charge on any atom is 0.294 e. The smallest absolute Gasteiger partial charge is 0.232 e. The van der Waals surface area contributed by atoms with E-state index in [1.54, 1.807) is 0 Å². The minimum atomic E-state index is 0.399. The maximum absolute atomic E-state index is 2.47. The van der Waals surface area contributed by atoms with E-state index in [4.69, 9.17) is 0 Å². The van der Waals surface area contributed by atoms with Gasteiger partial charge in [-0.3, -0.25) is 0 Å². The molecular weight excluding hydrogens is 520 g/mol. The molecule has 1 aliphatic carbocycles. The average molecular weight is 560 g/mol. The van der Waals surface area contributed by atoms with Crippen LogP contribution in [0.15, 0.2) is 116 Å². The molecule has 0 aliphatic heterocycles. The average Bonchev–Trinajstić information content (AvgIpc) is 3.40. The number of hydrogen-bond acceptors (Lipinski definition) is 0. The molecule has 7 rings (SSSR count). The molecule has 0 bridgehead atoms. The highest BCUT2D eigenvalue weighted by atomic mass is 15.1. The maximum atomic E-state index is 2.47. The van der Waals surface area contributed by atoms with Crippen LogP contribution in [0, 0.1) is 6.92 Å². The van der Waals surface area contributed by atoms with Crippen LogP contribution in [0.5, 0.6) is 0 Å². The summed E-state index contributed by atoms with van der Waals surface area (Å²) in [4.78, 5) is 0. The number of rotatable bonds is 4. The predicted molar refractivity (Wildman–Crippen MR) is 181 cm³/mol. The van der Waals surface area contributed by atoms with Gasteiger partial charge >= 0.3 is 0 Å². The predicted octanol–water partition coefficient (Wildman–Crippen LogP) is 10.5. The number of aromatic nitrogens is 2. The number of nitrogens with zero attached hydrogens (tertiary/aromatic N) is 2. The van der Waals surface area contributed by atoms with Crippen molar-refractivity contribution in [1.29, 1.82) is 0 Å². The third-order valence-corrected chi connectivity index (χ3v) is 9.14. The van der Waals surface area contributed by atoms with Crippen molar-refractivity contribution in [2.75, 3.05) is 0 Å². The molecule has 0 N–H and O–H groups in total. The molecule has 0 saturated carbocycles. The van der Waals surface area contributed by atoms with Gasteiger partial charge in [0.25, 0.3) is 5.82 Å². The molecule has 2 heteroatoms. The second-order valence-electron chi connectivity index (χ2n) is 12.5. The van der Waals surface area contributed by atoms with E-state index in [1.807, 2.05) is 0 Å². The van der Waals surface area contributed by atoms with E-state index in [9.17, 15) is 0 Å². The molecule has 1 aliphatic rings. The monoisotopic (exact) mass is 559 g/mol. The standard InChI is InChI=1S/C41H39N2/c1-26(2)29-20-13-21-30(27(3)4)40(29)43-25-24-42(6)41(43)38-28(5)22-23-37-35-18-10-9-16-33(35)31-14-7-8-15-32(31)34-17-11-12-19-36(34)39(37)38/h7-27H,1-6H3/q+1. The molecule has 6 aromatic rings. The van der Waals surface area contributed by atoms with Crippen molar-refractivity contribution in [3.05, 3.63) is 132 Å². The molecule has 43 heavy (non-hydrogen) atoms. The number of fused-ring (bicyclic) bond motifs is 8. The first-order valence-corrected chi connectivity index (χ1v) is 15.5. The van der Waals surface area contributed by atoms with Crippen LogP contribution in [0.1, 0.15) is 56.2 Å². The first kappa shape index (κ1) is 27.2. The van der Waals surface area contributed by atoms with Crippen LogP contribution in [-0.4, -0.2) is 4.57 Å². The zero-order valence-electron chi connectivity index (χ0n) is 26.0. The van der Waals surface area contributed by atoms with E-state index in [-0.39, 0.29) is 0 Å². The summed E-state index contributed by atoms with van der Waals surface area (Å²) < 4.78 is 4.78. The topological polar surface area (TPSA) is 8.81 Å². The van der Waals surface area contributed by atoms with Crippen LogP contribution in [-0.2, 0) is 7.05 Å². The minimum absolute atomic E-state index is 0.399. The normalized spacial score (nSPS) is 11.9. The molecule has 5 aromatic carbocycles. The molecule has 0 amide bonds. The fourth-order valence-corrected chi connectivity index (χ4v) is 7.09. The fourth-order valence-electron chi connectivity index (χ4n) is 7.09. The van der Waals surface area contributed by atoms with Gasteiger partial charge in [0.05, 0.1) is 12.6 Å². The van der Waals surface area contributed by atoms with Gasteiger partial charge in [0.2, 0.25) is 0 Å². The molecule has 0 spiro atoms. The van der Waals surface area contributed by atoms with Gasteiger partial charge in [-0.1, -0.05) is 131 Å². The van der Waals surface area contributed by atoms with Crippen molar-refractivity contribution >= 4 is 0 Å². The van der Waals surface area contributed by atoms with Crippen LogP contribution >= 0.6 is 0 Å². The molecule has 0 radical (unpaired) electrons. The fraction of sp³-hybridized carbons (Fsp3) is 0.195. The van der Waals surface area contributed by atoms with Gasteiger partial charge in [0, 0.05) is 16.7 Å². The van der Waals surface area contributed by atoms with Gasteiger partial charge in [0.15, 0.2) is 0 Å². The summed E-state index contributed by atoms with van der Waals surface area (Å²) in [5.74, 6) is 2.00. The molecule has 0 unspecified atom stereocenters. The zero-order valence-corrected chi connectivity index (χ0v) is 26.0. The largest absolute Gasteiger partial charge is 0.294 e. The first-order valence-electron chi connectivity index (χ1n) is 15.5. The Kier molecular flexibility index (Phi) is 6.66. The highest BCUT2D eigenvalue weighted by Crippen LogP contribution is 2.51. The van der Waals surface area contributed by atoms with Crippen molar-refractivity contribution < 1.29 is 4.57 Å². The lowest BCUT2D eigenvalue weighted by atomic mass is 9.78. The molecule has 0 saturated heterocycles. The van der Waals surface area contributed by atoms with Gasteiger partial charge in [-0.25, -0.2) is 4.57 Å². The van der Waals surface area contributed by atoms with Crippen LogP contribution in [0.2, 0.25) is 0 Å². The van der Waals surface area contributed by atoms with Gasteiger partial charge in [-0.15, -0.1) is 0 Å². The quantitative estimate of drug-likeness (QED) is 0.190. The number of aryl methyl sites for hydroxylation is 2. The second-order valence-corrected chi connectivity index (χ2v) is 12.5. The van der Waals surface area contributed by atoms with Crippen LogP contribution in [0.3, 0.4) is 0 Å². The lowest BCUT2D eigenvalue weighted by molar-refractivity contribution is -0.659. The number of benzene rings is 5. The molecule has 0 atom stereocenters. The summed E-state index contributed by atoms with van der Waals surface area (Å²) >= 11 is 0. The molecule has 212 valence electrons. The molecule has 1 aromatic heterocycles. The SMILES string of the molecule is Cc1ccc2c(c1-c1n(-c3c(C(C)C)cccc3C(C)C)cc[n+]1C)-c1ccccc1-c1ccccc1-c1ccccc1-2. The van der Waals surface area contributed by atoms with Crippen LogP contribution in [0.25, 0.3) is 61.6 Å². The highest BCUT2D eigenvalue weighted by Gasteiger charge is 2.32. The summed E-state index contributed by atoms with van der Waals surface area (Å²) in [6.45, 7) is 11.5. The van der Waals surface area contributed by atoms with Crippen molar-refractivity contribution in [3.8, 4) is 61.6 Å². The van der Waals surface area contributed by atoms with Gasteiger partial charge in [-0.05, 0) is 63.3 Å². The van der Waals surface area contributed by atoms with Crippen molar-refractivity contribution in [2.24, 2.45) is 7.05 Å². The van der Waals surface area contributed by atoms with Gasteiger partial charge in [-0.2, -0.15) is 4.57 Å². The Morgan fingerprint density at radius 2 is 0.977 bits per heavy atom. The zero-order chi connectivity index (χ0) is 29.8. The number of para-hydroxylation sites is 1. The Balaban J connectivity index is 1.64. The van der Waals surface area contributed by atoms with Crippen LogP contribution < -0.4 is 4.57 Å². The third-order valence-electron chi connectivity index (χ3n) is 9.14. The molecular formula is C41H39N2+. The summed E-state index contributed by atoms with van der Waals surface area (Å²) in [6, 6.07) is 38.3. The summed E-state index contributed by atoms with van der Waals surface area (Å²) in [7, 11) is 2.19. The Morgan fingerprint density at radius 3 is 1.49 bits per heavy atom. The summed E-state index contributed by atoms with van der Waals surface area (Å²) in [6.07, 6.45) is 4.48. The molecule has 1 heterocycles. The first-order chi connectivity index (χ1) is 20.9. The van der Waals surface area contributed by atoms with Crippen molar-refractivity contribution in [2.45, 2.75) is 46.5 Å². The Labute approximate surface area is 255 Å². The number of hydrogen-bond donors (Lipinski definition) is 0. The Morgan fingerprint density at radius 1 is 0.512 bits per heavy atom. The van der Waals surface area contributed by atoms with Crippen LogP contribution in [0.4, 0.5) is 0 Å². The van der Waals surface area contributed by atoms with Crippen molar-refractivity contribution in [1.82, 2.24) is 4.57 Å². The third kappa shape index (κ3) is 4.28. The van der Waals surface area contributed by atoms with Gasteiger partial charge < -0.3 is 0 Å². The molecule has 0 fully saturated rings. The van der Waals surface area contributed by atoms with Gasteiger partial charge in [0.1, 0.15) is 18.1 Å².